The Morgan fingerprint density at radius 2 is 1.88 bits per heavy atom. The number of esters is 1. The van der Waals surface area contributed by atoms with Crippen molar-refractivity contribution in [2.24, 2.45) is 11.8 Å². The van der Waals surface area contributed by atoms with Gasteiger partial charge in [-0.25, -0.2) is 19.7 Å². The second-order valence-electron chi connectivity index (χ2n) is 10.0. The van der Waals surface area contributed by atoms with Gasteiger partial charge in [0.1, 0.15) is 19.2 Å². The SMILES string of the molecule is O=C(C[N+]12CCC(CC1)[C@@H](OC(=O)C(O)(c1ccsc1)C1CCCCC1)C2)Nc1ncncn1. The van der Waals surface area contributed by atoms with Gasteiger partial charge in [0.15, 0.2) is 18.2 Å². The number of amides is 1. The molecule has 1 aliphatic carbocycles. The Bertz CT molecular complexity index is 990. The van der Waals surface area contributed by atoms with Gasteiger partial charge >= 0.3 is 5.97 Å². The number of quaternary nitrogens is 1. The molecule has 1 amide bonds. The molecule has 5 heterocycles. The van der Waals surface area contributed by atoms with Gasteiger partial charge in [-0.3, -0.25) is 10.1 Å². The van der Waals surface area contributed by atoms with Crippen LogP contribution in [0.2, 0.25) is 0 Å². The van der Waals surface area contributed by atoms with Crippen molar-refractivity contribution in [3.8, 4) is 0 Å². The van der Waals surface area contributed by atoms with Gasteiger partial charge in [-0.1, -0.05) is 19.3 Å². The molecular weight excluding hydrogens is 454 g/mol. The smallest absolute Gasteiger partial charge is 0.343 e. The standard InChI is InChI=1S/C24H31N5O4S/c30-21(28-23-26-15-25-16-27-23)13-29-9-6-17(7-10-29)20(12-29)33-22(31)24(32,19-8-11-34-14-19)18-4-2-1-3-5-18/h8,11,14-18,20,32H,1-7,9-10,12-13H2/p+1/t17?,20-,24?,29?/m0/s1. The van der Waals surface area contributed by atoms with Crippen molar-refractivity contribution in [2.45, 2.75) is 56.7 Å². The number of nitrogens with one attached hydrogen (secondary N) is 1. The molecule has 10 heteroatoms. The quantitative estimate of drug-likeness (QED) is 0.456. The van der Waals surface area contributed by atoms with E-state index in [1.54, 1.807) is 0 Å². The van der Waals surface area contributed by atoms with Crippen molar-refractivity contribution >= 4 is 29.2 Å². The molecule has 2 aromatic heterocycles. The van der Waals surface area contributed by atoms with Gasteiger partial charge in [0, 0.05) is 30.2 Å². The highest BCUT2D eigenvalue weighted by Gasteiger charge is 2.52. The highest BCUT2D eigenvalue weighted by Crippen LogP contribution is 2.43. The van der Waals surface area contributed by atoms with Gasteiger partial charge in [-0.2, -0.15) is 11.3 Å². The summed E-state index contributed by atoms with van der Waals surface area (Å²) in [6, 6.07) is 1.84. The first-order chi connectivity index (χ1) is 16.5. The zero-order valence-electron chi connectivity index (χ0n) is 19.3. The van der Waals surface area contributed by atoms with Crippen molar-refractivity contribution in [3.05, 3.63) is 35.0 Å². The molecule has 4 fully saturated rings. The number of carbonyl (C=O) groups excluding carboxylic acids is 2. The number of aliphatic hydroxyl groups is 1. The lowest BCUT2D eigenvalue weighted by atomic mass is 9.74. The van der Waals surface area contributed by atoms with Crippen LogP contribution in [0.5, 0.6) is 0 Å². The molecule has 4 aliphatic rings. The predicted molar refractivity (Wildman–Crippen MR) is 126 cm³/mol. The van der Waals surface area contributed by atoms with Crippen molar-refractivity contribution in [2.75, 3.05) is 31.5 Å². The number of thiophene rings is 1. The molecule has 3 aliphatic heterocycles. The molecule has 1 saturated carbocycles. The highest BCUT2D eigenvalue weighted by atomic mass is 32.1. The fourth-order valence-electron chi connectivity index (χ4n) is 6.10. The molecule has 0 aromatic carbocycles. The number of hydrogen-bond donors (Lipinski definition) is 2. The second-order valence-corrected chi connectivity index (χ2v) is 10.8. The molecule has 6 rings (SSSR count). The van der Waals surface area contributed by atoms with Crippen molar-refractivity contribution < 1.29 is 23.9 Å². The first-order valence-electron chi connectivity index (χ1n) is 12.2. The number of carbonyl (C=O) groups is 2. The monoisotopic (exact) mass is 486 g/mol. The minimum absolute atomic E-state index is 0.126. The maximum atomic E-state index is 13.6. The van der Waals surface area contributed by atoms with Crippen molar-refractivity contribution in [3.63, 3.8) is 0 Å². The Morgan fingerprint density at radius 3 is 2.56 bits per heavy atom. The molecule has 2 atom stereocenters. The van der Waals surface area contributed by atoms with Gasteiger partial charge in [0.05, 0.1) is 13.1 Å². The van der Waals surface area contributed by atoms with Crippen LogP contribution in [0.3, 0.4) is 0 Å². The zero-order chi connectivity index (χ0) is 23.6. The van der Waals surface area contributed by atoms with Crippen LogP contribution < -0.4 is 5.32 Å². The van der Waals surface area contributed by atoms with E-state index in [-0.39, 0.29) is 36.3 Å². The number of piperidine rings is 3. The number of rotatable bonds is 7. The molecule has 0 spiro atoms. The van der Waals surface area contributed by atoms with E-state index < -0.39 is 11.6 Å². The molecule has 3 saturated heterocycles. The third-order valence-corrected chi connectivity index (χ3v) is 8.68. The Labute approximate surface area is 203 Å². The highest BCUT2D eigenvalue weighted by molar-refractivity contribution is 7.08. The van der Waals surface area contributed by atoms with Crippen LogP contribution in [-0.2, 0) is 19.9 Å². The van der Waals surface area contributed by atoms with Gasteiger partial charge in [0.25, 0.3) is 5.91 Å². The Balaban J connectivity index is 1.29. The summed E-state index contributed by atoms with van der Waals surface area (Å²) in [7, 11) is 0. The Kier molecular flexibility index (Phi) is 6.63. The van der Waals surface area contributed by atoms with Crippen LogP contribution in [0, 0.1) is 11.8 Å². The van der Waals surface area contributed by atoms with Crippen molar-refractivity contribution in [1.29, 1.82) is 0 Å². The average Bonchev–Trinajstić information content (AvgIpc) is 3.40. The predicted octanol–water partition coefficient (Wildman–Crippen LogP) is 2.49. The van der Waals surface area contributed by atoms with Crippen LogP contribution >= 0.6 is 11.3 Å². The summed E-state index contributed by atoms with van der Waals surface area (Å²) >= 11 is 1.48. The number of hydrogen-bond acceptors (Lipinski definition) is 8. The van der Waals surface area contributed by atoms with Gasteiger partial charge < -0.3 is 14.3 Å². The third kappa shape index (κ3) is 4.58. The van der Waals surface area contributed by atoms with E-state index in [1.165, 1.54) is 24.0 Å². The van der Waals surface area contributed by atoms with E-state index >= 15 is 0 Å². The maximum Gasteiger partial charge on any atom is 0.343 e. The van der Waals surface area contributed by atoms with E-state index in [9.17, 15) is 14.7 Å². The molecule has 2 N–H and O–H groups in total. The zero-order valence-corrected chi connectivity index (χ0v) is 20.1. The molecule has 9 nitrogen and oxygen atoms in total. The minimum atomic E-state index is -1.60. The molecular formula is C24H32N5O4S+. The molecule has 1 unspecified atom stereocenters. The fraction of sp³-hybridized carbons (Fsp3) is 0.625. The summed E-state index contributed by atoms with van der Waals surface area (Å²) in [5.41, 5.74) is -0.954. The summed E-state index contributed by atoms with van der Waals surface area (Å²) in [5, 5.41) is 18.3. The molecule has 2 bridgehead atoms. The summed E-state index contributed by atoms with van der Waals surface area (Å²) in [6.45, 7) is 2.62. The van der Waals surface area contributed by atoms with Crippen LogP contribution in [0.1, 0.15) is 50.5 Å². The average molecular weight is 487 g/mol. The minimum Gasteiger partial charge on any atom is -0.454 e. The van der Waals surface area contributed by atoms with E-state index in [0.717, 1.165) is 58.0 Å². The van der Waals surface area contributed by atoms with Crippen LogP contribution in [0.4, 0.5) is 5.95 Å². The number of anilines is 1. The Morgan fingerprint density at radius 1 is 1.15 bits per heavy atom. The molecule has 2 aromatic rings. The van der Waals surface area contributed by atoms with E-state index in [0.29, 0.717) is 16.6 Å². The number of ether oxygens (including phenoxy) is 1. The number of fused-ring (bicyclic) bond motifs is 3. The molecule has 34 heavy (non-hydrogen) atoms. The van der Waals surface area contributed by atoms with Crippen LogP contribution in [0.25, 0.3) is 0 Å². The van der Waals surface area contributed by atoms with Gasteiger partial charge in [-0.15, -0.1) is 0 Å². The summed E-state index contributed by atoms with van der Waals surface area (Å²) in [4.78, 5) is 38.0. The third-order valence-electron chi connectivity index (χ3n) is 7.99. The summed E-state index contributed by atoms with van der Waals surface area (Å²) in [6.07, 6.45) is 9.03. The first kappa shape index (κ1) is 23.3. The summed E-state index contributed by atoms with van der Waals surface area (Å²) < 4.78 is 6.70. The van der Waals surface area contributed by atoms with Gasteiger partial charge in [-0.05, 0) is 29.7 Å². The van der Waals surface area contributed by atoms with Crippen LogP contribution in [-0.4, -0.2) is 68.7 Å². The number of nitrogens with zero attached hydrogens (tertiary/aromatic N) is 4. The lowest BCUT2D eigenvalue weighted by molar-refractivity contribution is -0.939. The lowest BCUT2D eigenvalue weighted by Gasteiger charge is -2.52. The lowest BCUT2D eigenvalue weighted by Crippen LogP contribution is -2.66. The summed E-state index contributed by atoms with van der Waals surface area (Å²) in [5.74, 6) is -0.299. The maximum absolute atomic E-state index is 13.6. The van der Waals surface area contributed by atoms with Gasteiger partial charge in [0.2, 0.25) is 5.95 Å². The normalized spacial score (nSPS) is 28.7. The van der Waals surface area contributed by atoms with E-state index in [4.69, 9.17) is 4.74 Å². The van der Waals surface area contributed by atoms with E-state index in [2.05, 4.69) is 20.3 Å². The van der Waals surface area contributed by atoms with Crippen molar-refractivity contribution in [1.82, 2.24) is 15.0 Å². The first-order valence-corrected chi connectivity index (χ1v) is 13.2. The van der Waals surface area contributed by atoms with E-state index in [1.807, 2.05) is 16.8 Å². The molecule has 182 valence electrons. The topological polar surface area (TPSA) is 114 Å². The number of aromatic nitrogens is 3. The fourth-order valence-corrected chi connectivity index (χ4v) is 6.81. The van der Waals surface area contributed by atoms with Crippen LogP contribution in [0.15, 0.2) is 29.5 Å². The second kappa shape index (κ2) is 9.67. The Hall–Kier alpha value is -2.43. The largest absolute Gasteiger partial charge is 0.454 e. The molecule has 0 radical (unpaired) electrons.